The second-order valence-electron chi connectivity index (χ2n) is 4.15. The van der Waals surface area contributed by atoms with Crippen molar-refractivity contribution >= 4 is 27.5 Å². The van der Waals surface area contributed by atoms with E-state index in [1.807, 2.05) is 17.5 Å². The van der Waals surface area contributed by atoms with Crippen molar-refractivity contribution in [1.29, 1.82) is 0 Å². The molecule has 0 unspecified atom stereocenters. The molecule has 0 amide bonds. The molecule has 5 nitrogen and oxygen atoms in total. The van der Waals surface area contributed by atoms with Gasteiger partial charge >= 0.3 is 5.97 Å². The van der Waals surface area contributed by atoms with Crippen molar-refractivity contribution in [3.8, 4) is 16.9 Å². The predicted molar refractivity (Wildman–Crippen MR) is 77.0 cm³/mol. The zero-order valence-corrected chi connectivity index (χ0v) is 11.4. The lowest BCUT2D eigenvalue weighted by Gasteiger charge is -2.07. The molecule has 1 aromatic carbocycles. The lowest BCUT2D eigenvalue weighted by atomic mass is 10.1. The zero-order valence-electron chi connectivity index (χ0n) is 10.5. The number of carbonyl (C=O) groups excluding carboxylic acids is 1. The van der Waals surface area contributed by atoms with Crippen molar-refractivity contribution in [2.75, 3.05) is 0 Å². The van der Waals surface area contributed by atoms with Crippen LogP contribution in [0.15, 0.2) is 40.8 Å². The van der Waals surface area contributed by atoms with E-state index in [2.05, 4.69) is 9.97 Å². The molecule has 3 rings (SSSR count). The number of aromatic nitrogens is 2. The summed E-state index contributed by atoms with van der Waals surface area (Å²) in [7, 11) is 0. The summed E-state index contributed by atoms with van der Waals surface area (Å²) in [5.41, 5.74) is 1.22. The van der Waals surface area contributed by atoms with E-state index in [0.717, 1.165) is 5.56 Å². The van der Waals surface area contributed by atoms with E-state index in [1.165, 1.54) is 24.6 Å². The quantitative estimate of drug-likeness (QED) is 0.580. The molecule has 0 aliphatic rings. The van der Waals surface area contributed by atoms with Gasteiger partial charge < -0.3 is 9.72 Å². The topological polar surface area (TPSA) is 72.0 Å². The lowest BCUT2D eigenvalue weighted by molar-refractivity contribution is -0.131. The Balaban J connectivity index is 2.26. The monoisotopic (exact) mass is 286 g/mol. The number of benzene rings is 1. The highest BCUT2D eigenvalue weighted by Gasteiger charge is 2.15. The Labute approximate surface area is 117 Å². The van der Waals surface area contributed by atoms with E-state index in [4.69, 9.17) is 4.74 Å². The highest BCUT2D eigenvalue weighted by molar-refractivity contribution is 7.17. The SMILES string of the molecule is CC(=O)Oc1ccccc1-c1csc2nc[nH]c(=O)c12. The third-order valence-corrected chi connectivity index (χ3v) is 3.69. The Bertz CT molecular complexity index is 851. The normalized spacial score (nSPS) is 10.7. The van der Waals surface area contributed by atoms with E-state index in [1.54, 1.807) is 12.1 Å². The maximum Gasteiger partial charge on any atom is 0.308 e. The van der Waals surface area contributed by atoms with Crippen LogP contribution in [0.2, 0.25) is 0 Å². The molecule has 1 N–H and O–H groups in total. The van der Waals surface area contributed by atoms with E-state index in [9.17, 15) is 9.59 Å². The Hall–Kier alpha value is -2.47. The van der Waals surface area contributed by atoms with Gasteiger partial charge in [0.05, 0.1) is 11.7 Å². The Morgan fingerprint density at radius 1 is 1.30 bits per heavy atom. The molecule has 0 saturated heterocycles. The molecule has 20 heavy (non-hydrogen) atoms. The van der Waals surface area contributed by atoms with Gasteiger partial charge in [0, 0.05) is 23.4 Å². The van der Waals surface area contributed by atoms with Crippen molar-refractivity contribution in [3.63, 3.8) is 0 Å². The smallest absolute Gasteiger partial charge is 0.308 e. The van der Waals surface area contributed by atoms with Crippen molar-refractivity contribution in [2.24, 2.45) is 0 Å². The first-order valence-electron chi connectivity index (χ1n) is 5.89. The number of esters is 1. The molecule has 0 spiro atoms. The highest BCUT2D eigenvalue weighted by atomic mass is 32.1. The first-order valence-corrected chi connectivity index (χ1v) is 6.77. The number of thiophene rings is 1. The summed E-state index contributed by atoms with van der Waals surface area (Å²) in [6.07, 6.45) is 1.38. The van der Waals surface area contributed by atoms with Crippen molar-refractivity contribution in [3.05, 3.63) is 46.3 Å². The fourth-order valence-electron chi connectivity index (χ4n) is 2.02. The summed E-state index contributed by atoms with van der Waals surface area (Å²) in [4.78, 5) is 30.5. The fourth-order valence-corrected chi connectivity index (χ4v) is 2.92. The number of nitrogens with zero attached hydrogens (tertiary/aromatic N) is 1. The van der Waals surface area contributed by atoms with Crippen molar-refractivity contribution in [1.82, 2.24) is 9.97 Å². The van der Waals surface area contributed by atoms with Gasteiger partial charge in [-0.25, -0.2) is 4.98 Å². The molecule has 0 aliphatic heterocycles. The van der Waals surface area contributed by atoms with Gasteiger partial charge in [0.15, 0.2) is 0 Å². The standard InChI is InChI=1S/C14H10N2O3S/c1-8(17)19-11-5-3-2-4-9(11)10-6-20-14-12(10)13(18)15-7-16-14/h2-7H,1H3,(H,15,16,18). The van der Waals surface area contributed by atoms with Crippen LogP contribution in [0.25, 0.3) is 21.3 Å². The molecule has 2 heterocycles. The molecule has 0 radical (unpaired) electrons. The van der Waals surface area contributed by atoms with Gasteiger partial charge in [-0.15, -0.1) is 11.3 Å². The lowest BCUT2D eigenvalue weighted by Crippen LogP contribution is -2.06. The number of H-pyrrole nitrogens is 1. The maximum atomic E-state index is 12.0. The summed E-state index contributed by atoms with van der Waals surface area (Å²) in [5.74, 6) is 0.0342. The van der Waals surface area contributed by atoms with Gasteiger partial charge in [-0.1, -0.05) is 18.2 Å². The number of hydrogen-bond donors (Lipinski definition) is 1. The largest absolute Gasteiger partial charge is 0.426 e. The second-order valence-corrected chi connectivity index (χ2v) is 5.01. The molecule has 0 bridgehead atoms. The van der Waals surface area contributed by atoms with Crippen LogP contribution < -0.4 is 10.3 Å². The minimum Gasteiger partial charge on any atom is -0.426 e. The van der Waals surface area contributed by atoms with Crippen LogP contribution in [0.1, 0.15) is 6.92 Å². The number of carbonyl (C=O) groups is 1. The molecular formula is C14H10N2O3S. The number of fused-ring (bicyclic) bond motifs is 1. The molecule has 6 heteroatoms. The van der Waals surface area contributed by atoms with Gasteiger partial charge in [-0.2, -0.15) is 0 Å². The van der Waals surface area contributed by atoms with Crippen LogP contribution in [-0.4, -0.2) is 15.9 Å². The first kappa shape index (κ1) is 12.6. The Morgan fingerprint density at radius 3 is 2.90 bits per heavy atom. The van der Waals surface area contributed by atoms with E-state index >= 15 is 0 Å². The summed E-state index contributed by atoms with van der Waals surface area (Å²) < 4.78 is 5.19. The molecule has 3 aromatic rings. The highest BCUT2D eigenvalue weighted by Crippen LogP contribution is 2.36. The van der Waals surface area contributed by atoms with E-state index in [-0.39, 0.29) is 5.56 Å². The van der Waals surface area contributed by atoms with Crippen molar-refractivity contribution < 1.29 is 9.53 Å². The predicted octanol–water partition coefficient (Wildman–Crippen LogP) is 2.58. The van der Waals surface area contributed by atoms with Crippen LogP contribution in [0.4, 0.5) is 0 Å². The number of nitrogens with one attached hydrogen (secondary N) is 1. The number of rotatable bonds is 2. The van der Waals surface area contributed by atoms with Crippen LogP contribution in [-0.2, 0) is 4.79 Å². The fraction of sp³-hybridized carbons (Fsp3) is 0.0714. The molecule has 0 aliphatic carbocycles. The van der Waals surface area contributed by atoms with Crippen LogP contribution >= 0.6 is 11.3 Å². The van der Waals surface area contributed by atoms with E-state index < -0.39 is 5.97 Å². The Morgan fingerprint density at radius 2 is 2.10 bits per heavy atom. The van der Waals surface area contributed by atoms with Crippen LogP contribution in [0, 0.1) is 0 Å². The molecular weight excluding hydrogens is 276 g/mol. The molecule has 0 saturated carbocycles. The van der Waals surface area contributed by atoms with E-state index in [0.29, 0.717) is 21.5 Å². The third-order valence-electron chi connectivity index (χ3n) is 2.81. The van der Waals surface area contributed by atoms with Crippen LogP contribution in [0.5, 0.6) is 5.75 Å². The van der Waals surface area contributed by atoms with Crippen molar-refractivity contribution in [2.45, 2.75) is 6.92 Å². The average Bonchev–Trinajstić information content (AvgIpc) is 2.84. The second kappa shape index (κ2) is 4.90. The number of hydrogen-bond acceptors (Lipinski definition) is 5. The van der Waals surface area contributed by atoms with Crippen LogP contribution in [0.3, 0.4) is 0 Å². The molecule has 0 fully saturated rings. The number of aromatic amines is 1. The van der Waals surface area contributed by atoms with Gasteiger partial charge in [0.25, 0.3) is 5.56 Å². The molecule has 100 valence electrons. The summed E-state index contributed by atoms with van der Waals surface area (Å²) in [5, 5.41) is 2.35. The molecule has 2 aromatic heterocycles. The Kier molecular flexibility index (Phi) is 3.08. The minimum absolute atomic E-state index is 0.205. The first-order chi connectivity index (χ1) is 9.66. The van der Waals surface area contributed by atoms with Gasteiger partial charge in [-0.3, -0.25) is 9.59 Å². The third kappa shape index (κ3) is 2.10. The zero-order chi connectivity index (χ0) is 14.1. The van der Waals surface area contributed by atoms with Gasteiger partial charge in [-0.05, 0) is 6.07 Å². The summed E-state index contributed by atoms with van der Waals surface area (Å²) in [6, 6.07) is 7.12. The molecule has 0 atom stereocenters. The minimum atomic E-state index is -0.399. The number of ether oxygens (including phenoxy) is 1. The van der Waals surface area contributed by atoms with Gasteiger partial charge in [0.1, 0.15) is 10.6 Å². The summed E-state index contributed by atoms with van der Waals surface area (Å²) in [6.45, 7) is 1.34. The number of para-hydroxylation sites is 1. The maximum absolute atomic E-state index is 12.0. The average molecular weight is 286 g/mol. The van der Waals surface area contributed by atoms with Gasteiger partial charge in [0.2, 0.25) is 0 Å². The summed E-state index contributed by atoms with van der Waals surface area (Å²) >= 11 is 1.38.